The number of rotatable bonds is 2. The lowest BCUT2D eigenvalue weighted by Gasteiger charge is -2.05. The Kier molecular flexibility index (Phi) is 4.06. The number of nitrogens with zero attached hydrogens (tertiary/aromatic N) is 2. The predicted octanol–water partition coefficient (Wildman–Crippen LogP) is 4.27. The van der Waals surface area contributed by atoms with Crippen LogP contribution in [0.4, 0.5) is 5.69 Å². The number of aromatic nitrogens is 2. The maximum Gasteiger partial charge on any atom is 0.266 e. The molecule has 1 amide bonds. The zero-order valence-electron chi connectivity index (χ0n) is 13.2. The minimum absolute atomic E-state index is 0.0557. The van der Waals surface area contributed by atoms with Gasteiger partial charge in [0.15, 0.2) is 0 Å². The summed E-state index contributed by atoms with van der Waals surface area (Å²) in [5.74, 6) is 0.513. The fraction of sp³-hybridized carbons (Fsp3) is 0.235. The molecule has 128 valence electrons. The first-order valence-electron chi connectivity index (χ1n) is 7.75. The molecule has 5 nitrogen and oxygen atoms in total. The molecule has 1 aliphatic heterocycles. The molecule has 25 heavy (non-hydrogen) atoms. The number of hydrogen-bond donors (Lipinski definition) is 1. The van der Waals surface area contributed by atoms with Gasteiger partial charge in [0, 0.05) is 18.7 Å². The number of anilines is 1. The Morgan fingerprint density at radius 1 is 1.32 bits per heavy atom. The summed E-state index contributed by atoms with van der Waals surface area (Å²) in [6, 6.07) is 4.89. The third-order valence-electron chi connectivity index (χ3n) is 4.30. The summed E-state index contributed by atoms with van der Waals surface area (Å²) < 4.78 is 1.71. The van der Waals surface area contributed by atoms with Crippen molar-refractivity contribution >= 4 is 56.3 Å². The van der Waals surface area contributed by atoms with Gasteiger partial charge >= 0.3 is 0 Å². The fourth-order valence-electron chi connectivity index (χ4n) is 3.05. The molecule has 3 aromatic rings. The molecule has 0 saturated carbocycles. The van der Waals surface area contributed by atoms with E-state index in [1.165, 1.54) is 11.3 Å². The number of hydrogen-bond acceptors (Lipinski definition) is 4. The molecule has 8 heteroatoms. The van der Waals surface area contributed by atoms with Crippen molar-refractivity contribution in [1.29, 1.82) is 0 Å². The minimum Gasteiger partial charge on any atom is -0.321 e. The smallest absolute Gasteiger partial charge is 0.266 e. The van der Waals surface area contributed by atoms with Gasteiger partial charge in [-0.3, -0.25) is 14.2 Å². The third-order valence-corrected chi connectivity index (χ3v) is 6.22. The van der Waals surface area contributed by atoms with E-state index in [-0.39, 0.29) is 11.5 Å². The van der Waals surface area contributed by atoms with Crippen LogP contribution in [0.5, 0.6) is 0 Å². The van der Waals surface area contributed by atoms with Crippen LogP contribution in [0.15, 0.2) is 23.0 Å². The second-order valence-corrected chi connectivity index (χ2v) is 7.72. The van der Waals surface area contributed by atoms with Crippen LogP contribution < -0.4 is 10.9 Å². The Morgan fingerprint density at radius 3 is 2.88 bits per heavy atom. The molecular formula is C17H13Cl2N3O2S. The van der Waals surface area contributed by atoms with Crippen LogP contribution in [-0.4, -0.2) is 15.5 Å². The molecule has 0 fully saturated rings. The maximum atomic E-state index is 12.7. The van der Waals surface area contributed by atoms with Crippen LogP contribution >= 0.6 is 34.5 Å². The van der Waals surface area contributed by atoms with Crippen molar-refractivity contribution < 1.29 is 4.79 Å². The first-order valence-corrected chi connectivity index (χ1v) is 9.32. The first-order chi connectivity index (χ1) is 12.0. The Hall–Kier alpha value is -1.89. The average molecular weight is 394 g/mol. The van der Waals surface area contributed by atoms with Gasteiger partial charge in [-0.1, -0.05) is 23.2 Å². The van der Waals surface area contributed by atoms with Gasteiger partial charge in [-0.05, 0) is 37.1 Å². The van der Waals surface area contributed by atoms with Crippen molar-refractivity contribution in [3.05, 3.63) is 54.9 Å². The topological polar surface area (TPSA) is 64.0 Å². The summed E-state index contributed by atoms with van der Waals surface area (Å²) in [7, 11) is 0. The zero-order chi connectivity index (χ0) is 17.7. The largest absolute Gasteiger partial charge is 0.321 e. The van der Waals surface area contributed by atoms with E-state index in [0.717, 1.165) is 18.7 Å². The molecule has 0 radical (unpaired) electrons. The molecule has 1 N–H and O–H groups in total. The summed E-state index contributed by atoms with van der Waals surface area (Å²) >= 11 is 13.1. The Morgan fingerprint density at radius 2 is 2.12 bits per heavy atom. The normalized spacial score (nSPS) is 13.2. The van der Waals surface area contributed by atoms with E-state index in [1.54, 1.807) is 29.7 Å². The van der Waals surface area contributed by atoms with Crippen molar-refractivity contribution in [3.63, 3.8) is 0 Å². The standard InChI is InChI=1S/C17H13Cl2N3O2S/c1-8-13-16(21-12-3-2-6-22(12)17(13)24)25-14(8)15(23)20-9-4-5-10(18)11(19)7-9/h4-5,7H,2-3,6H2,1H3,(H,20,23). The lowest BCUT2D eigenvalue weighted by molar-refractivity contribution is 0.103. The van der Waals surface area contributed by atoms with E-state index in [4.69, 9.17) is 23.2 Å². The van der Waals surface area contributed by atoms with E-state index < -0.39 is 0 Å². The van der Waals surface area contributed by atoms with Crippen LogP contribution in [0.3, 0.4) is 0 Å². The number of carbonyl (C=O) groups excluding carboxylic acids is 1. The Labute approximate surface area is 157 Å². The van der Waals surface area contributed by atoms with Crippen molar-refractivity contribution in [2.45, 2.75) is 26.3 Å². The van der Waals surface area contributed by atoms with E-state index in [1.807, 2.05) is 0 Å². The zero-order valence-corrected chi connectivity index (χ0v) is 15.6. The number of nitrogens with one attached hydrogen (secondary N) is 1. The van der Waals surface area contributed by atoms with E-state index in [0.29, 0.717) is 42.9 Å². The van der Waals surface area contributed by atoms with Crippen LogP contribution in [0.1, 0.15) is 27.5 Å². The summed E-state index contributed by atoms with van der Waals surface area (Å²) in [6.45, 7) is 2.48. The predicted molar refractivity (Wildman–Crippen MR) is 101 cm³/mol. The highest BCUT2D eigenvalue weighted by Gasteiger charge is 2.23. The maximum absolute atomic E-state index is 12.7. The van der Waals surface area contributed by atoms with Gasteiger partial charge in [-0.15, -0.1) is 11.3 Å². The number of thiophene rings is 1. The van der Waals surface area contributed by atoms with Crippen molar-refractivity contribution in [1.82, 2.24) is 9.55 Å². The van der Waals surface area contributed by atoms with Gasteiger partial charge in [0.1, 0.15) is 10.7 Å². The van der Waals surface area contributed by atoms with E-state index >= 15 is 0 Å². The molecule has 4 rings (SSSR count). The number of amides is 1. The van der Waals surface area contributed by atoms with Crippen LogP contribution in [0.25, 0.3) is 10.2 Å². The van der Waals surface area contributed by atoms with Gasteiger partial charge in [-0.25, -0.2) is 4.98 Å². The highest BCUT2D eigenvalue weighted by Crippen LogP contribution is 2.30. The molecular weight excluding hydrogens is 381 g/mol. The molecule has 0 aliphatic carbocycles. The molecule has 2 aromatic heterocycles. The molecule has 0 spiro atoms. The molecule has 1 aliphatic rings. The summed E-state index contributed by atoms with van der Waals surface area (Å²) in [6.07, 6.45) is 1.73. The summed E-state index contributed by atoms with van der Waals surface area (Å²) in [5.41, 5.74) is 1.15. The third kappa shape index (κ3) is 2.74. The Bertz CT molecular complexity index is 1090. The first kappa shape index (κ1) is 16.6. The number of fused-ring (bicyclic) bond motifs is 2. The fourth-order valence-corrected chi connectivity index (χ4v) is 4.44. The monoisotopic (exact) mass is 393 g/mol. The number of benzene rings is 1. The van der Waals surface area contributed by atoms with Crippen molar-refractivity contribution in [2.75, 3.05) is 5.32 Å². The molecule has 1 aromatic carbocycles. The molecule has 3 heterocycles. The van der Waals surface area contributed by atoms with Crippen molar-refractivity contribution in [2.24, 2.45) is 0 Å². The lowest BCUT2D eigenvalue weighted by Crippen LogP contribution is -2.20. The van der Waals surface area contributed by atoms with Crippen molar-refractivity contribution in [3.8, 4) is 0 Å². The van der Waals surface area contributed by atoms with Gasteiger partial charge in [0.05, 0.1) is 20.3 Å². The second kappa shape index (κ2) is 6.12. The lowest BCUT2D eigenvalue weighted by atomic mass is 10.2. The van der Waals surface area contributed by atoms with Gasteiger partial charge in [0.2, 0.25) is 0 Å². The number of aryl methyl sites for hydroxylation is 2. The van der Waals surface area contributed by atoms with E-state index in [2.05, 4.69) is 10.3 Å². The number of halogens is 2. The Balaban J connectivity index is 1.75. The van der Waals surface area contributed by atoms with Gasteiger partial charge in [0.25, 0.3) is 11.5 Å². The SMILES string of the molecule is Cc1c(C(=O)Nc2ccc(Cl)c(Cl)c2)sc2nc3n(c(=O)c12)CCC3. The number of carbonyl (C=O) groups is 1. The molecule has 0 bridgehead atoms. The molecule has 0 atom stereocenters. The van der Waals surface area contributed by atoms with E-state index in [9.17, 15) is 9.59 Å². The van der Waals surface area contributed by atoms with Gasteiger partial charge in [-0.2, -0.15) is 0 Å². The molecule has 0 unspecified atom stereocenters. The van der Waals surface area contributed by atoms with Crippen LogP contribution in [0, 0.1) is 6.92 Å². The minimum atomic E-state index is -0.288. The van der Waals surface area contributed by atoms with Crippen LogP contribution in [0.2, 0.25) is 10.0 Å². The van der Waals surface area contributed by atoms with Gasteiger partial charge < -0.3 is 5.32 Å². The quantitative estimate of drug-likeness (QED) is 0.706. The van der Waals surface area contributed by atoms with Crippen LogP contribution in [-0.2, 0) is 13.0 Å². The highest BCUT2D eigenvalue weighted by atomic mass is 35.5. The summed E-state index contributed by atoms with van der Waals surface area (Å²) in [5, 5.41) is 4.12. The summed E-state index contributed by atoms with van der Waals surface area (Å²) in [4.78, 5) is 31.0. The highest BCUT2D eigenvalue weighted by molar-refractivity contribution is 7.20. The second-order valence-electron chi connectivity index (χ2n) is 5.91. The molecule has 0 saturated heterocycles. The average Bonchev–Trinajstić information content (AvgIpc) is 3.16.